The molecule has 1 fully saturated rings. The molecule has 0 radical (unpaired) electrons. The number of rotatable bonds is 8. The van der Waals surface area contributed by atoms with Crippen molar-refractivity contribution < 1.29 is 9.53 Å². The highest BCUT2D eigenvalue weighted by Gasteiger charge is 2.25. The molecule has 3 aromatic carbocycles. The second-order valence-electron chi connectivity index (χ2n) is 7.95. The highest BCUT2D eigenvalue weighted by atomic mass is 32.2. The van der Waals surface area contributed by atoms with Gasteiger partial charge in [-0.05, 0) is 67.9 Å². The second kappa shape index (κ2) is 11.0. The van der Waals surface area contributed by atoms with Gasteiger partial charge >= 0.3 is 0 Å². The van der Waals surface area contributed by atoms with Gasteiger partial charge in [-0.25, -0.2) is 0 Å². The average molecular weight is 458 g/mol. The molecule has 1 aliphatic rings. The molecule has 1 aliphatic heterocycles. The van der Waals surface area contributed by atoms with Crippen LogP contribution in [0.1, 0.15) is 40.4 Å². The maximum Gasteiger partial charge on any atom is 0.252 e. The lowest BCUT2D eigenvalue weighted by Gasteiger charge is -2.28. The van der Waals surface area contributed by atoms with Gasteiger partial charge in [0.2, 0.25) is 0 Å². The van der Waals surface area contributed by atoms with Crippen molar-refractivity contribution in [2.45, 2.75) is 28.7 Å². The Bertz CT molecular complexity index is 1150. The van der Waals surface area contributed by atoms with Gasteiger partial charge in [-0.1, -0.05) is 48.2 Å². The van der Waals surface area contributed by atoms with Gasteiger partial charge in [-0.15, -0.1) is 0 Å². The predicted octanol–water partition coefficient (Wildman–Crippen LogP) is 5.28. The minimum atomic E-state index is -0.111. The smallest absolute Gasteiger partial charge is 0.252 e. The van der Waals surface area contributed by atoms with Crippen molar-refractivity contribution in [2.24, 2.45) is 0 Å². The Hall–Kier alpha value is -3.27. The minimum Gasteiger partial charge on any atom is -0.497 e. The summed E-state index contributed by atoms with van der Waals surface area (Å²) in [7, 11) is 1.67. The third kappa shape index (κ3) is 5.57. The Labute approximate surface area is 199 Å². The van der Waals surface area contributed by atoms with Gasteiger partial charge in [-0.3, -0.25) is 9.69 Å². The summed E-state index contributed by atoms with van der Waals surface area (Å²) >= 11 is 1.44. The number of amides is 1. The largest absolute Gasteiger partial charge is 0.497 e. The zero-order chi connectivity index (χ0) is 23.0. The molecule has 1 N–H and O–H groups in total. The van der Waals surface area contributed by atoms with E-state index in [-0.39, 0.29) is 11.9 Å². The lowest BCUT2D eigenvalue weighted by atomic mass is 10.0. The van der Waals surface area contributed by atoms with Crippen molar-refractivity contribution in [1.82, 2.24) is 10.2 Å². The Balaban J connectivity index is 1.53. The van der Waals surface area contributed by atoms with Crippen molar-refractivity contribution in [3.8, 4) is 11.8 Å². The molecule has 1 unspecified atom stereocenters. The quantitative estimate of drug-likeness (QED) is 0.498. The van der Waals surface area contributed by atoms with Crippen molar-refractivity contribution in [3.63, 3.8) is 0 Å². The summed E-state index contributed by atoms with van der Waals surface area (Å²) in [6.07, 6.45) is 2.35. The monoisotopic (exact) mass is 457 g/mol. The molecule has 0 aromatic heterocycles. The summed E-state index contributed by atoms with van der Waals surface area (Å²) < 4.78 is 5.42. The number of ether oxygens (including phenoxy) is 1. The minimum absolute atomic E-state index is 0.0886. The fourth-order valence-electron chi connectivity index (χ4n) is 4.15. The zero-order valence-electron chi connectivity index (χ0n) is 18.7. The average Bonchev–Trinajstić information content (AvgIpc) is 3.39. The van der Waals surface area contributed by atoms with E-state index in [1.165, 1.54) is 24.6 Å². The lowest BCUT2D eigenvalue weighted by molar-refractivity contribution is 0.0935. The van der Waals surface area contributed by atoms with E-state index in [1.807, 2.05) is 54.6 Å². The van der Waals surface area contributed by atoms with Crippen LogP contribution in [0.3, 0.4) is 0 Å². The first-order valence-corrected chi connectivity index (χ1v) is 11.9. The molecule has 0 bridgehead atoms. The predicted molar refractivity (Wildman–Crippen MR) is 131 cm³/mol. The standard InChI is InChI=1S/C27H27N3O2S/c1-32-22-11-8-10-20(17-22)24(30-15-6-7-16-30)19-29-27(31)23-12-3-5-14-26(23)33-25-13-4-2-9-21(25)18-28/h2-5,8-14,17,24H,6-7,15-16,19H2,1H3,(H,29,31). The van der Waals surface area contributed by atoms with Crippen LogP contribution in [-0.2, 0) is 0 Å². The Morgan fingerprint density at radius 2 is 1.79 bits per heavy atom. The van der Waals surface area contributed by atoms with E-state index in [9.17, 15) is 10.1 Å². The molecule has 3 aromatic rings. The number of nitrogens with one attached hydrogen (secondary N) is 1. The second-order valence-corrected chi connectivity index (χ2v) is 9.04. The van der Waals surface area contributed by atoms with E-state index in [0.29, 0.717) is 17.7 Å². The number of hydrogen-bond acceptors (Lipinski definition) is 5. The van der Waals surface area contributed by atoms with E-state index in [2.05, 4.69) is 28.4 Å². The molecule has 0 saturated carbocycles. The van der Waals surface area contributed by atoms with Crippen molar-refractivity contribution >= 4 is 17.7 Å². The van der Waals surface area contributed by atoms with Crippen molar-refractivity contribution in [2.75, 3.05) is 26.7 Å². The van der Waals surface area contributed by atoms with Gasteiger partial charge in [0.05, 0.1) is 24.3 Å². The van der Waals surface area contributed by atoms with E-state index < -0.39 is 0 Å². The van der Waals surface area contributed by atoms with Gasteiger partial charge in [0.25, 0.3) is 5.91 Å². The number of nitriles is 1. The van der Waals surface area contributed by atoms with Crippen LogP contribution in [0, 0.1) is 11.3 Å². The lowest BCUT2D eigenvalue weighted by Crippen LogP contribution is -2.37. The van der Waals surface area contributed by atoms with Crippen LogP contribution in [0.4, 0.5) is 0 Å². The molecule has 33 heavy (non-hydrogen) atoms. The number of methoxy groups -OCH3 is 1. The maximum atomic E-state index is 13.3. The fourth-order valence-corrected chi connectivity index (χ4v) is 5.18. The first-order valence-electron chi connectivity index (χ1n) is 11.1. The molecule has 6 heteroatoms. The van der Waals surface area contributed by atoms with E-state index in [1.54, 1.807) is 13.2 Å². The van der Waals surface area contributed by atoms with Gasteiger partial charge < -0.3 is 10.1 Å². The maximum absolute atomic E-state index is 13.3. The molecule has 1 amide bonds. The number of carbonyl (C=O) groups is 1. The summed E-state index contributed by atoms with van der Waals surface area (Å²) in [5.41, 5.74) is 2.35. The van der Waals surface area contributed by atoms with Crippen LogP contribution < -0.4 is 10.1 Å². The van der Waals surface area contributed by atoms with Gasteiger partial charge in [0, 0.05) is 16.3 Å². The number of hydrogen-bond donors (Lipinski definition) is 1. The Morgan fingerprint density at radius 1 is 1.06 bits per heavy atom. The molecule has 1 atom stereocenters. The van der Waals surface area contributed by atoms with E-state index >= 15 is 0 Å². The van der Waals surface area contributed by atoms with Gasteiger partial charge in [0.1, 0.15) is 11.8 Å². The summed E-state index contributed by atoms with van der Waals surface area (Å²) in [6.45, 7) is 2.56. The molecular formula is C27H27N3O2S. The third-order valence-electron chi connectivity index (χ3n) is 5.88. The van der Waals surface area contributed by atoms with E-state index in [0.717, 1.165) is 34.2 Å². The number of carbonyl (C=O) groups excluding carboxylic acids is 1. The molecule has 0 aliphatic carbocycles. The topological polar surface area (TPSA) is 65.4 Å². The molecule has 168 valence electrons. The molecule has 0 spiro atoms. The molecule has 4 rings (SSSR count). The highest BCUT2D eigenvalue weighted by Crippen LogP contribution is 2.33. The number of benzene rings is 3. The Kier molecular flexibility index (Phi) is 7.66. The molecule has 1 saturated heterocycles. The van der Waals surface area contributed by atoms with Crippen LogP contribution in [0.5, 0.6) is 5.75 Å². The first kappa shape index (κ1) is 22.9. The van der Waals surface area contributed by atoms with Crippen LogP contribution in [-0.4, -0.2) is 37.6 Å². The Morgan fingerprint density at radius 3 is 2.55 bits per heavy atom. The molecule has 5 nitrogen and oxygen atoms in total. The summed E-state index contributed by atoms with van der Waals surface area (Å²) in [4.78, 5) is 17.4. The van der Waals surface area contributed by atoms with Crippen LogP contribution in [0.15, 0.2) is 82.6 Å². The van der Waals surface area contributed by atoms with Crippen LogP contribution in [0.25, 0.3) is 0 Å². The third-order valence-corrected chi connectivity index (χ3v) is 7.03. The zero-order valence-corrected chi connectivity index (χ0v) is 19.5. The first-order chi connectivity index (χ1) is 16.2. The molecule has 1 heterocycles. The normalized spacial score (nSPS) is 14.4. The van der Waals surface area contributed by atoms with E-state index in [4.69, 9.17) is 4.74 Å². The number of nitrogens with zero attached hydrogens (tertiary/aromatic N) is 2. The van der Waals surface area contributed by atoms with Crippen LogP contribution in [0.2, 0.25) is 0 Å². The fraction of sp³-hybridized carbons (Fsp3) is 0.259. The van der Waals surface area contributed by atoms with Gasteiger partial charge in [0.15, 0.2) is 0 Å². The molecular weight excluding hydrogens is 430 g/mol. The summed E-state index contributed by atoms with van der Waals surface area (Å²) in [5, 5.41) is 12.6. The number of likely N-dealkylation sites (tertiary alicyclic amines) is 1. The van der Waals surface area contributed by atoms with Crippen LogP contribution >= 0.6 is 11.8 Å². The van der Waals surface area contributed by atoms with Crippen molar-refractivity contribution in [1.29, 1.82) is 5.26 Å². The summed E-state index contributed by atoms with van der Waals surface area (Å²) in [5.74, 6) is 0.709. The highest BCUT2D eigenvalue weighted by molar-refractivity contribution is 7.99. The summed E-state index contributed by atoms with van der Waals surface area (Å²) in [6, 6.07) is 25.4. The van der Waals surface area contributed by atoms with Crippen molar-refractivity contribution in [3.05, 3.63) is 89.5 Å². The SMILES string of the molecule is COc1cccc(C(CNC(=O)c2ccccc2Sc2ccccc2C#N)N2CCCC2)c1. The van der Waals surface area contributed by atoms with Gasteiger partial charge in [-0.2, -0.15) is 5.26 Å².